The second-order valence-electron chi connectivity index (χ2n) is 5.26. The molecule has 3 aromatic heterocycles. The molecule has 0 aliphatic rings. The first-order chi connectivity index (χ1) is 10.6. The summed E-state index contributed by atoms with van der Waals surface area (Å²) in [7, 11) is 0. The zero-order valence-corrected chi connectivity index (χ0v) is 14.1. The van der Waals surface area contributed by atoms with Crippen LogP contribution in [0.5, 0.6) is 0 Å². The number of thiophene rings is 1. The average Bonchev–Trinajstić information content (AvgIpc) is 3.15. The molecule has 0 aliphatic heterocycles. The number of rotatable bonds is 4. The van der Waals surface area contributed by atoms with Crippen molar-refractivity contribution in [2.45, 2.75) is 40.8 Å². The molecule has 116 valence electrons. The highest BCUT2D eigenvalue weighted by atomic mass is 32.1. The van der Waals surface area contributed by atoms with E-state index < -0.39 is 0 Å². The fourth-order valence-electron chi connectivity index (χ4n) is 2.87. The van der Waals surface area contributed by atoms with E-state index in [-0.39, 0.29) is 5.91 Å². The van der Waals surface area contributed by atoms with E-state index >= 15 is 0 Å². The molecule has 0 unspecified atom stereocenters. The second-order valence-corrected chi connectivity index (χ2v) is 6.21. The average molecular weight is 316 g/mol. The molecule has 0 radical (unpaired) electrons. The molecule has 0 saturated heterocycles. The molecule has 1 N–H and O–H groups in total. The number of hydrogen-bond donors (Lipinski definition) is 1. The minimum Gasteiger partial charge on any atom is -0.336 e. The lowest BCUT2D eigenvalue weighted by molar-refractivity contribution is 0.101. The molecule has 0 atom stereocenters. The topological polar surface area (TPSA) is 51.9 Å². The van der Waals surface area contributed by atoms with Crippen LogP contribution in [0.15, 0.2) is 17.5 Å². The Hall–Kier alpha value is -2.08. The molecule has 6 heteroatoms. The van der Waals surface area contributed by atoms with Gasteiger partial charge in [0.15, 0.2) is 0 Å². The smallest absolute Gasteiger partial charge is 0.272 e. The van der Waals surface area contributed by atoms with Crippen molar-refractivity contribution < 1.29 is 4.79 Å². The number of carbonyl (C=O) groups is 1. The Morgan fingerprint density at radius 2 is 2.09 bits per heavy atom. The van der Waals surface area contributed by atoms with E-state index in [1.165, 1.54) is 0 Å². The predicted octanol–water partition coefficient (Wildman–Crippen LogP) is 3.81. The fourth-order valence-corrected chi connectivity index (χ4v) is 3.69. The lowest BCUT2D eigenvalue weighted by atomic mass is 10.3. The molecule has 22 heavy (non-hydrogen) atoms. The Bertz CT molecular complexity index is 840. The van der Waals surface area contributed by atoms with E-state index in [0.29, 0.717) is 5.69 Å². The molecular weight excluding hydrogens is 296 g/mol. The third-order valence-electron chi connectivity index (χ3n) is 3.99. The normalized spacial score (nSPS) is 11.3. The van der Waals surface area contributed by atoms with E-state index in [9.17, 15) is 4.79 Å². The third kappa shape index (κ3) is 2.23. The highest BCUT2D eigenvalue weighted by Crippen LogP contribution is 2.27. The number of aryl methyl sites for hydroxylation is 3. The van der Waals surface area contributed by atoms with Crippen molar-refractivity contribution in [1.82, 2.24) is 14.3 Å². The molecule has 0 fully saturated rings. The maximum atomic E-state index is 12.7. The van der Waals surface area contributed by atoms with Gasteiger partial charge in [0.05, 0.1) is 27.3 Å². The molecule has 0 spiro atoms. The lowest BCUT2D eigenvalue weighted by Gasteiger charge is -2.09. The van der Waals surface area contributed by atoms with Crippen LogP contribution in [-0.4, -0.2) is 20.3 Å². The van der Waals surface area contributed by atoms with Crippen LogP contribution in [0.4, 0.5) is 5.69 Å². The van der Waals surface area contributed by atoms with Crippen LogP contribution in [0.3, 0.4) is 0 Å². The summed E-state index contributed by atoms with van der Waals surface area (Å²) in [4.78, 5) is 12.7. The fraction of sp³-hybridized carbons (Fsp3) is 0.375. The van der Waals surface area contributed by atoms with Gasteiger partial charge < -0.3 is 9.88 Å². The molecule has 0 aromatic carbocycles. The maximum Gasteiger partial charge on any atom is 0.272 e. The largest absolute Gasteiger partial charge is 0.336 e. The Balaban J connectivity index is 1.97. The maximum absolute atomic E-state index is 12.7. The first-order valence-corrected chi connectivity index (χ1v) is 8.36. The number of nitrogens with zero attached hydrogens (tertiary/aromatic N) is 3. The van der Waals surface area contributed by atoms with Gasteiger partial charge in [-0.2, -0.15) is 5.10 Å². The Labute approximate surface area is 133 Å². The number of aromatic nitrogens is 3. The quantitative estimate of drug-likeness (QED) is 0.796. The first kappa shape index (κ1) is 14.8. The SMILES string of the molecule is CCn1nc(C)c(NC(=O)c2cc3sccc3n2CC)c1C. The minimum absolute atomic E-state index is 0.0768. The number of fused-ring (bicyclic) bond motifs is 1. The van der Waals surface area contributed by atoms with Crippen molar-refractivity contribution in [3.63, 3.8) is 0 Å². The van der Waals surface area contributed by atoms with E-state index in [4.69, 9.17) is 0 Å². The summed E-state index contributed by atoms with van der Waals surface area (Å²) in [5, 5.41) is 9.54. The van der Waals surface area contributed by atoms with E-state index in [1.54, 1.807) is 11.3 Å². The Morgan fingerprint density at radius 3 is 2.73 bits per heavy atom. The molecule has 3 heterocycles. The molecule has 0 aliphatic carbocycles. The van der Waals surface area contributed by atoms with Gasteiger partial charge in [-0.1, -0.05) is 0 Å². The number of amides is 1. The summed E-state index contributed by atoms with van der Waals surface area (Å²) >= 11 is 1.66. The highest BCUT2D eigenvalue weighted by molar-refractivity contribution is 7.17. The predicted molar refractivity (Wildman–Crippen MR) is 90.8 cm³/mol. The lowest BCUT2D eigenvalue weighted by Crippen LogP contribution is -2.17. The highest BCUT2D eigenvalue weighted by Gasteiger charge is 2.19. The van der Waals surface area contributed by atoms with Crippen molar-refractivity contribution in [2.75, 3.05) is 5.32 Å². The van der Waals surface area contributed by atoms with Crippen molar-refractivity contribution in [1.29, 1.82) is 0 Å². The van der Waals surface area contributed by atoms with Crippen LogP contribution < -0.4 is 5.32 Å². The molecule has 3 rings (SSSR count). The van der Waals surface area contributed by atoms with Crippen molar-refractivity contribution in [2.24, 2.45) is 0 Å². The number of carbonyl (C=O) groups excluding carboxylic acids is 1. The van der Waals surface area contributed by atoms with Gasteiger partial charge >= 0.3 is 0 Å². The van der Waals surface area contributed by atoms with Crippen LogP contribution in [0.25, 0.3) is 10.2 Å². The van der Waals surface area contributed by atoms with Crippen molar-refractivity contribution in [3.05, 3.63) is 34.6 Å². The van der Waals surface area contributed by atoms with E-state index in [2.05, 4.69) is 33.4 Å². The van der Waals surface area contributed by atoms with Crippen molar-refractivity contribution >= 4 is 33.1 Å². The van der Waals surface area contributed by atoms with Gasteiger partial charge in [-0.05, 0) is 45.2 Å². The van der Waals surface area contributed by atoms with Crippen molar-refractivity contribution in [3.8, 4) is 0 Å². The first-order valence-electron chi connectivity index (χ1n) is 7.48. The summed E-state index contributed by atoms with van der Waals surface area (Å²) in [6, 6.07) is 4.03. The van der Waals surface area contributed by atoms with Crippen LogP contribution in [0.2, 0.25) is 0 Å². The summed E-state index contributed by atoms with van der Waals surface area (Å²) in [6.45, 7) is 9.57. The Kier molecular flexibility index (Phi) is 3.78. The molecule has 1 amide bonds. The minimum atomic E-state index is -0.0768. The summed E-state index contributed by atoms with van der Waals surface area (Å²) in [5.74, 6) is -0.0768. The van der Waals surface area contributed by atoms with Gasteiger partial charge in [-0.25, -0.2) is 0 Å². The molecule has 5 nitrogen and oxygen atoms in total. The van der Waals surface area contributed by atoms with Crippen LogP contribution in [0, 0.1) is 13.8 Å². The zero-order valence-electron chi connectivity index (χ0n) is 13.3. The van der Waals surface area contributed by atoms with Gasteiger partial charge in [-0.15, -0.1) is 11.3 Å². The molecule has 3 aromatic rings. The standard InChI is InChI=1S/C16H20N4OS/c1-5-19-12-7-8-22-14(12)9-13(19)16(21)17-15-10(3)18-20(6-2)11(15)4/h7-9H,5-6H2,1-4H3,(H,17,21). The summed E-state index contributed by atoms with van der Waals surface area (Å²) < 4.78 is 5.10. The van der Waals surface area contributed by atoms with Crippen LogP contribution in [-0.2, 0) is 13.1 Å². The molecule has 0 saturated carbocycles. The summed E-state index contributed by atoms with van der Waals surface area (Å²) in [6.07, 6.45) is 0. The number of nitrogens with one attached hydrogen (secondary N) is 1. The third-order valence-corrected chi connectivity index (χ3v) is 4.84. The second kappa shape index (κ2) is 5.61. The van der Waals surface area contributed by atoms with Gasteiger partial charge in [0.25, 0.3) is 5.91 Å². The number of hydrogen-bond acceptors (Lipinski definition) is 3. The van der Waals surface area contributed by atoms with Gasteiger partial charge in [0, 0.05) is 13.1 Å². The molecule has 0 bridgehead atoms. The number of anilines is 1. The molecular formula is C16H20N4OS. The van der Waals surface area contributed by atoms with Gasteiger partial charge in [0.1, 0.15) is 5.69 Å². The van der Waals surface area contributed by atoms with E-state index in [1.807, 2.05) is 31.5 Å². The zero-order chi connectivity index (χ0) is 15.9. The summed E-state index contributed by atoms with van der Waals surface area (Å²) in [5.41, 5.74) is 4.48. The van der Waals surface area contributed by atoms with Crippen LogP contribution >= 0.6 is 11.3 Å². The Morgan fingerprint density at radius 1 is 1.32 bits per heavy atom. The monoisotopic (exact) mass is 316 g/mol. The van der Waals surface area contributed by atoms with E-state index in [0.717, 1.165) is 40.4 Å². The van der Waals surface area contributed by atoms with Gasteiger partial charge in [-0.3, -0.25) is 9.48 Å². The van der Waals surface area contributed by atoms with Gasteiger partial charge in [0.2, 0.25) is 0 Å². The van der Waals surface area contributed by atoms with Crippen LogP contribution in [0.1, 0.15) is 35.7 Å².